The molecule has 0 spiro atoms. The van der Waals surface area contributed by atoms with E-state index in [-0.39, 0.29) is 11.7 Å². The lowest BCUT2D eigenvalue weighted by Gasteiger charge is -2.29. The van der Waals surface area contributed by atoms with E-state index in [4.69, 9.17) is 18.0 Å². The molecule has 7 heteroatoms. The molecule has 0 heterocycles. The first-order chi connectivity index (χ1) is 10.1. The summed E-state index contributed by atoms with van der Waals surface area (Å²) in [5.74, 6) is 0.744. The highest BCUT2D eigenvalue weighted by molar-refractivity contribution is 8.13. The molecule has 126 valence electrons. The minimum Gasteiger partial charge on any atom is -0.376 e. The van der Waals surface area contributed by atoms with Gasteiger partial charge in [0.2, 0.25) is 5.12 Å². The summed E-state index contributed by atoms with van der Waals surface area (Å²) < 4.78 is 22.5. The number of thioether (sulfide) groups is 1. The molecule has 21 heavy (non-hydrogen) atoms. The van der Waals surface area contributed by atoms with Gasteiger partial charge in [-0.05, 0) is 26.7 Å². The molecule has 0 aromatic heterocycles. The smallest absolute Gasteiger partial charge is 0.376 e. The minimum atomic E-state index is -2.58. The predicted octanol–water partition coefficient (Wildman–Crippen LogP) is 3.11. The van der Waals surface area contributed by atoms with Gasteiger partial charge < -0.3 is 18.0 Å². The van der Waals surface area contributed by atoms with Crippen LogP contribution in [0.1, 0.15) is 40.0 Å². The molecule has 0 fully saturated rings. The van der Waals surface area contributed by atoms with Gasteiger partial charge in [-0.1, -0.05) is 25.1 Å². The van der Waals surface area contributed by atoms with Gasteiger partial charge in [0.05, 0.1) is 0 Å². The summed E-state index contributed by atoms with van der Waals surface area (Å²) in [6.07, 6.45) is 2.94. The molecular weight excluding hydrogens is 308 g/mol. The average Bonchev–Trinajstić information content (AvgIpc) is 2.45. The molecule has 0 radical (unpaired) electrons. The highest BCUT2D eigenvalue weighted by Gasteiger charge is 2.39. The Labute approximate surface area is 134 Å². The number of hydrogen-bond acceptors (Lipinski definition) is 6. The second-order valence-corrected chi connectivity index (χ2v) is 8.39. The Balaban J connectivity index is 4.26. The van der Waals surface area contributed by atoms with Crippen molar-refractivity contribution in [1.82, 2.24) is 0 Å². The van der Waals surface area contributed by atoms with E-state index in [1.54, 1.807) is 0 Å². The van der Waals surface area contributed by atoms with Crippen LogP contribution in [0.4, 0.5) is 0 Å². The second-order valence-electron chi connectivity index (χ2n) is 4.51. The molecule has 0 aromatic rings. The quantitative estimate of drug-likeness (QED) is 0.358. The maximum absolute atomic E-state index is 11.4. The van der Waals surface area contributed by atoms with Gasteiger partial charge in [0, 0.05) is 38.7 Å². The van der Waals surface area contributed by atoms with Crippen LogP contribution in [0, 0.1) is 0 Å². The maximum atomic E-state index is 11.4. The summed E-state index contributed by atoms with van der Waals surface area (Å²) in [5.41, 5.74) is 0. The third-order valence-electron chi connectivity index (χ3n) is 2.70. The Hall–Kier alpha value is 0.0769. The lowest BCUT2D eigenvalue weighted by atomic mass is 10.4. The van der Waals surface area contributed by atoms with Crippen LogP contribution in [-0.4, -0.2) is 53.2 Å². The topological polar surface area (TPSA) is 54.0 Å². The van der Waals surface area contributed by atoms with Gasteiger partial charge in [0.15, 0.2) is 0 Å². The van der Waals surface area contributed by atoms with Gasteiger partial charge in [-0.25, -0.2) is 0 Å². The Morgan fingerprint density at radius 3 is 2.24 bits per heavy atom. The van der Waals surface area contributed by atoms with Crippen molar-refractivity contribution < 1.29 is 22.8 Å². The Bertz CT molecular complexity index is 260. The van der Waals surface area contributed by atoms with Crippen LogP contribution >= 0.6 is 11.8 Å². The lowest BCUT2D eigenvalue weighted by Crippen LogP contribution is -2.46. The van der Waals surface area contributed by atoms with Crippen LogP contribution in [0.15, 0.2) is 0 Å². The van der Waals surface area contributed by atoms with Gasteiger partial charge in [-0.3, -0.25) is 4.79 Å². The van der Waals surface area contributed by atoms with Crippen molar-refractivity contribution in [2.45, 2.75) is 46.1 Å². The summed E-state index contributed by atoms with van der Waals surface area (Å²) in [7, 11) is -1.05. The molecule has 0 amide bonds. The first kappa shape index (κ1) is 21.1. The summed E-state index contributed by atoms with van der Waals surface area (Å²) in [4.78, 5) is 11.4. The van der Waals surface area contributed by atoms with Crippen molar-refractivity contribution in [3.8, 4) is 0 Å². The third-order valence-corrected chi connectivity index (χ3v) is 6.70. The number of carbonyl (C=O) groups excluding carboxylic acids is 1. The van der Waals surface area contributed by atoms with Crippen LogP contribution < -0.4 is 0 Å². The third kappa shape index (κ3) is 10.4. The van der Waals surface area contributed by atoms with Crippen molar-refractivity contribution in [1.29, 1.82) is 0 Å². The zero-order valence-corrected chi connectivity index (χ0v) is 15.6. The normalized spacial score (nSPS) is 11.8. The van der Waals surface area contributed by atoms with Crippen LogP contribution in [0.25, 0.3) is 0 Å². The Morgan fingerprint density at radius 1 is 1.05 bits per heavy atom. The molecule has 0 aliphatic rings. The van der Waals surface area contributed by atoms with Crippen LogP contribution in [0.3, 0.4) is 0 Å². The van der Waals surface area contributed by atoms with Crippen LogP contribution in [-0.2, 0) is 22.8 Å². The maximum Gasteiger partial charge on any atom is 0.500 e. The number of methoxy groups -OCH3 is 1. The molecule has 0 bridgehead atoms. The first-order valence-electron chi connectivity index (χ1n) is 7.70. The molecule has 0 atom stereocenters. The molecular formula is C14H30O5SSi. The van der Waals surface area contributed by atoms with E-state index in [1.165, 1.54) is 18.9 Å². The van der Waals surface area contributed by atoms with Crippen LogP contribution in [0.5, 0.6) is 0 Å². The Morgan fingerprint density at radius 2 is 1.71 bits per heavy atom. The molecule has 0 aliphatic heterocycles. The van der Waals surface area contributed by atoms with Gasteiger partial charge in [-0.2, -0.15) is 0 Å². The van der Waals surface area contributed by atoms with E-state index in [1.807, 2.05) is 13.8 Å². The summed E-state index contributed by atoms with van der Waals surface area (Å²) in [6, 6.07) is 0.756. The monoisotopic (exact) mass is 338 g/mol. The molecule has 0 aromatic carbocycles. The standard InChI is InChI=1S/C14H30O5SSi/c1-5-8-10-19-21(17-6-2,18-7-3)12-9-11-20-14(15)13-16-4/h5-13H2,1-4H3. The zero-order valence-electron chi connectivity index (χ0n) is 13.8. The molecule has 0 aliphatic carbocycles. The summed E-state index contributed by atoms with van der Waals surface area (Å²) in [5, 5.41) is 0.0597. The minimum absolute atomic E-state index is 0.0597. The fraction of sp³-hybridized carbons (Fsp3) is 0.929. The van der Waals surface area contributed by atoms with Crippen molar-refractivity contribution in [3.05, 3.63) is 0 Å². The van der Waals surface area contributed by atoms with Crippen LogP contribution in [0.2, 0.25) is 6.04 Å². The van der Waals surface area contributed by atoms with Crippen molar-refractivity contribution in [2.75, 3.05) is 39.3 Å². The SMILES string of the molecule is CCCCO[Si](CCCSC(=O)COC)(OCC)OCC. The fourth-order valence-electron chi connectivity index (χ4n) is 1.79. The number of carbonyl (C=O) groups is 1. The summed E-state index contributed by atoms with van der Waals surface area (Å²) in [6.45, 7) is 8.07. The molecule has 5 nitrogen and oxygen atoms in total. The molecule has 0 unspecified atom stereocenters. The van der Waals surface area contributed by atoms with E-state index in [9.17, 15) is 4.79 Å². The molecule has 0 saturated carbocycles. The first-order valence-corrected chi connectivity index (χ1v) is 10.6. The van der Waals surface area contributed by atoms with Gasteiger partial charge in [-0.15, -0.1) is 0 Å². The van der Waals surface area contributed by atoms with Crippen molar-refractivity contribution in [3.63, 3.8) is 0 Å². The highest BCUT2D eigenvalue weighted by Crippen LogP contribution is 2.20. The fourth-order valence-corrected chi connectivity index (χ4v) is 5.39. The van der Waals surface area contributed by atoms with E-state index in [0.717, 1.165) is 31.1 Å². The number of hydrogen-bond donors (Lipinski definition) is 0. The molecule has 0 saturated heterocycles. The van der Waals surface area contributed by atoms with Crippen molar-refractivity contribution in [2.24, 2.45) is 0 Å². The van der Waals surface area contributed by atoms with E-state index < -0.39 is 8.80 Å². The van der Waals surface area contributed by atoms with Gasteiger partial charge in [0.25, 0.3) is 0 Å². The van der Waals surface area contributed by atoms with E-state index in [2.05, 4.69) is 6.92 Å². The number of unbranched alkanes of at least 4 members (excludes halogenated alkanes) is 1. The predicted molar refractivity (Wildman–Crippen MR) is 88.6 cm³/mol. The Kier molecular flexibility index (Phi) is 13.8. The van der Waals surface area contributed by atoms with Gasteiger partial charge in [0.1, 0.15) is 6.61 Å². The summed E-state index contributed by atoms with van der Waals surface area (Å²) >= 11 is 1.30. The number of rotatable bonds is 14. The van der Waals surface area contributed by atoms with Crippen molar-refractivity contribution >= 4 is 25.7 Å². The van der Waals surface area contributed by atoms with E-state index >= 15 is 0 Å². The van der Waals surface area contributed by atoms with E-state index in [0.29, 0.717) is 19.8 Å². The largest absolute Gasteiger partial charge is 0.500 e. The second kappa shape index (κ2) is 13.7. The molecule has 0 rings (SSSR count). The number of ether oxygens (including phenoxy) is 1. The average molecular weight is 339 g/mol. The highest BCUT2D eigenvalue weighted by atomic mass is 32.2. The lowest BCUT2D eigenvalue weighted by molar-refractivity contribution is -0.114. The van der Waals surface area contributed by atoms with Gasteiger partial charge >= 0.3 is 8.80 Å². The zero-order chi connectivity index (χ0) is 16.0. The molecule has 0 N–H and O–H groups in total.